The van der Waals surface area contributed by atoms with E-state index < -0.39 is 0 Å². The molecule has 6 nitrogen and oxygen atoms in total. The SMILES string of the molecule is Nc1ncnc2cc(CN3CCN(CCCc4cccc(Cl)c4)CC3=O)ccc12. The molecule has 0 spiro atoms. The fourth-order valence-corrected chi connectivity index (χ4v) is 3.97. The number of nitrogens with two attached hydrogens (primary N) is 1. The molecular weight excluding hydrogens is 386 g/mol. The molecule has 150 valence electrons. The molecule has 2 N–H and O–H groups in total. The number of carbonyl (C=O) groups is 1. The second-order valence-corrected chi connectivity index (χ2v) is 7.87. The number of nitrogens with zero attached hydrogens (tertiary/aromatic N) is 4. The quantitative estimate of drug-likeness (QED) is 0.676. The lowest BCUT2D eigenvalue weighted by Gasteiger charge is -2.34. The zero-order valence-corrected chi connectivity index (χ0v) is 17.0. The molecule has 0 saturated carbocycles. The lowest BCUT2D eigenvalue weighted by molar-refractivity contribution is -0.136. The molecule has 2 aromatic carbocycles. The number of aryl methyl sites for hydroxylation is 1. The second-order valence-electron chi connectivity index (χ2n) is 7.44. The van der Waals surface area contributed by atoms with Crippen LogP contribution >= 0.6 is 11.6 Å². The van der Waals surface area contributed by atoms with E-state index in [1.54, 1.807) is 0 Å². The molecule has 1 fully saturated rings. The lowest BCUT2D eigenvalue weighted by Crippen LogP contribution is -2.50. The molecule has 29 heavy (non-hydrogen) atoms. The van der Waals surface area contributed by atoms with Crippen molar-refractivity contribution in [3.63, 3.8) is 0 Å². The lowest BCUT2D eigenvalue weighted by atomic mass is 10.1. The summed E-state index contributed by atoms with van der Waals surface area (Å²) in [5.41, 5.74) is 8.99. The number of hydrogen-bond donors (Lipinski definition) is 1. The van der Waals surface area contributed by atoms with E-state index in [1.807, 2.05) is 41.3 Å². The van der Waals surface area contributed by atoms with Gasteiger partial charge in [-0.2, -0.15) is 0 Å². The minimum atomic E-state index is 0.168. The van der Waals surface area contributed by atoms with Gasteiger partial charge in [0.15, 0.2) is 0 Å². The number of anilines is 1. The van der Waals surface area contributed by atoms with Crippen LogP contribution in [0.2, 0.25) is 5.02 Å². The molecule has 1 aliphatic heterocycles. The van der Waals surface area contributed by atoms with Crippen molar-refractivity contribution < 1.29 is 4.79 Å². The van der Waals surface area contributed by atoms with Gasteiger partial charge in [-0.25, -0.2) is 9.97 Å². The summed E-state index contributed by atoms with van der Waals surface area (Å²) in [6.45, 7) is 3.61. The Morgan fingerprint density at radius 1 is 1.07 bits per heavy atom. The Morgan fingerprint density at radius 3 is 2.79 bits per heavy atom. The van der Waals surface area contributed by atoms with Crippen molar-refractivity contribution in [3.8, 4) is 0 Å². The highest BCUT2D eigenvalue weighted by Crippen LogP contribution is 2.19. The van der Waals surface area contributed by atoms with E-state index in [-0.39, 0.29) is 5.91 Å². The summed E-state index contributed by atoms with van der Waals surface area (Å²) in [7, 11) is 0. The summed E-state index contributed by atoms with van der Waals surface area (Å²) < 4.78 is 0. The van der Waals surface area contributed by atoms with Crippen LogP contribution in [0.1, 0.15) is 17.5 Å². The number of aromatic nitrogens is 2. The van der Waals surface area contributed by atoms with Gasteiger partial charge in [-0.3, -0.25) is 9.69 Å². The topological polar surface area (TPSA) is 75.3 Å². The van der Waals surface area contributed by atoms with Crippen molar-refractivity contribution in [1.82, 2.24) is 19.8 Å². The van der Waals surface area contributed by atoms with Crippen molar-refractivity contribution in [3.05, 3.63) is 64.9 Å². The zero-order chi connectivity index (χ0) is 20.2. The van der Waals surface area contributed by atoms with E-state index in [0.29, 0.717) is 18.9 Å². The van der Waals surface area contributed by atoms with Crippen LogP contribution in [0.25, 0.3) is 10.9 Å². The summed E-state index contributed by atoms with van der Waals surface area (Å²) in [5, 5.41) is 1.61. The normalized spacial score (nSPS) is 15.2. The van der Waals surface area contributed by atoms with Crippen LogP contribution in [0.4, 0.5) is 5.82 Å². The standard InChI is InChI=1S/C22H24ClN5O/c23-18-5-1-3-16(11-18)4-2-8-27-9-10-28(21(29)14-27)13-17-6-7-19-20(12-17)25-15-26-22(19)24/h1,3,5-7,11-12,15H,2,4,8-10,13-14H2,(H2,24,25,26). The van der Waals surface area contributed by atoms with Gasteiger partial charge in [-0.1, -0.05) is 29.8 Å². The van der Waals surface area contributed by atoms with Gasteiger partial charge in [-0.05, 0) is 54.8 Å². The van der Waals surface area contributed by atoms with Gasteiger partial charge in [0, 0.05) is 30.0 Å². The highest BCUT2D eigenvalue weighted by atomic mass is 35.5. The predicted molar refractivity (Wildman–Crippen MR) is 116 cm³/mol. The van der Waals surface area contributed by atoms with Crippen LogP contribution in [0.3, 0.4) is 0 Å². The number of piperazine rings is 1. The van der Waals surface area contributed by atoms with Crippen molar-refractivity contribution >= 4 is 34.2 Å². The van der Waals surface area contributed by atoms with Crippen LogP contribution < -0.4 is 5.73 Å². The van der Waals surface area contributed by atoms with Gasteiger partial charge in [0.25, 0.3) is 0 Å². The number of amides is 1. The van der Waals surface area contributed by atoms with E-state index in [2.05, 4.69) is 20.9 Å². The first-order valence-electron chi connectivity index (χ1n) is 9.82. The van der Waals surface area contributed by atoms with E-state index in [1.165, 1.54) is 11.9 Å². The van der Waals surface area contributed by atoms with Gasteiger partial charge < -0.3 is 10.6 Å². The molecule has 0 unspecified atom stereocenters. The van der Waals surface area contributed by atoms with Gasteiger partial charge in [0.1, 0.15) is 12.1 Å². The average molecular weight is 410 g/mol. The highest BCUT2D eigenvalue weighted by molar-refractivity contribution is 6.30. The second kappa shape index (κ2) is 8.76. The van der Waals surface area contributed by atoms with Gasteiger partial charge in [0.05, 0.1) is 12.1 Å². The Balaban J connectivity index is 1.29. The Hall–Kier alpha value is -2.70. The van der Waals surface area contributed by atoms with Crippen LogP contribution in [0, 0.1) is 0 Å². The molecule has 1 amide bonds. The van der Waals surface area contributed by atoms with E-state index in [4.69, 9.17) is 17.3 Å². The first-order valence-corrected chi connectivity index (χ1v) is 10.2. The summed E-state index contributed by atoms with van der Waals surface area (Å²) in [6, 6.07) is 13.9. The fraction of sp³-hybridized carbons (Fsp3) is 0.318. The maximum absolute atomic E-state index is 12.6. The van der Waals surface area contributed by atoms with Crippen molar-refractivity contribution in [2.24, 2.45) is 0 Å². The minimum absolute atomic E-state index is 0.168. The number of nitrogen functional groups attached to an aromatic ring is 1. The van der Waals surface area contributed by atoms with Crippen LogP contribution in [0.15, 0.2) is 48.8 Å². The number of benzene rings is 2. The molecule has 2 heterocycles. The van der Waals surface area contributed by atoms with E-state index in [0.717, 1.165) is 54.0 Å². The highest BCUT2D eigenvalue weighted by Gasteiger charge is 2.23. The third kappa shape index (κ3) is 4.83. The molecule has 0 bridgehead atoms. The summed E-state index contributed by atoms with van der Waals surface area (Å²) in [5.74, 6) is 0.644. The fourth-order valence-electron chi connectivity index (χ4n) is 3.76. The summed E-state index contributed by atoms with van der Waals surface area (Å²) in [6.07, 6.45) is 3.45. The molecule has 0 atom stereocenters. The van der Waals surface area contributed by atoms with Crippen molar-refractivity contribution in [2.45, 2.75) is 19.4 Å². The van der Waals surface area contributed by atoms with Crippen molar-refractivity contribution in [1.29, 1.82) is 0 Å². The minimum Gasteiger partial charge on any atom is -0.383 e. The van der Waals surface area contributed by atoms with Gasteiger partial charge >= 0.3 is 0 Å². The zero-order valence-electron chi connectivity index (χ0n) is 16.2. The monoisotopic (exact) mass is 409 g/mol. The first kappa shape index (κ1) is 19.6. The number of halogens is 1. The molecule has 0 aliphatic carbocycles. The average Bonchev–Trinajstić information content (AvgIpc) is 2.70. The largest absolute Gasteiger partial charge is 0.383 e. The molecule has 1 aromatic heterocycles. The maximum atomic E-state index is 12.6. The Labute approximate surface area is 175 Å². The van der Waals surface area contributed by atoms with E-state index in [9.17, 15) is 4.79 Å². The third-order valence-corrected chi connectivity index (χ3v) is 5.57. The third-order valence-electron chi connectivity index (χ3n) is 5.33. The Morgan fingerprint density at radius 2 is 1.97 bits per heavy atom. The van der Waals surface area contributed by atoms with E-state index >= 15 is 0 Å². The summed E-state index contributed by atoms with van der Waals surface area (Å²) in [4.78, 5) is 25.1. The molecule has 0 radical (unpaired) electrons. The molecule has 4 rings (SSSR count). The molecule has 1 aliphatic rings. The number of fused-ring (bicyclic) bond motifs is 1. The predicted octanol–water partition coefficient (Wildman–Crippen LogP) is 3.14. The van der Waals surface area contributed by atoms with Crippen molar-refractivity contribution in [2.75, 3.05) is 31.9 Å². The summed E-state index contributed by atoms with van der Waals surface area (Å²) >= 11 is 6.04. The molecule has 1 saturated heterocycles. The molecular formula is C22H24ClN5O. The van der Waals surface area contributed by atoms with Gasteiger partial charge in [0.2, 0.25) is 5.91 Å². The maximum Gasteiger partial charge on any atom is 0.237 e. The van der Waals surface area contributed by atoms with Crippen LogP contribution in [-0.2, 0) is 17.8 Å². The number of rotatable bonds is 6. The van der Waals surface area contributed by atoms with Gasteiger partial charge in [-0.15, -0.1) is 0 Å². The molecule has 7 heteroatoms. The van der Waals surface area contributed by atoms with Crippen LogP contribution in [0.5, 0.6) is 0 Å². The molecule has 3 aromatic rings. The van der Waals surface area contributed by atoms with Crippen LogP contribution in [-0.4, -0.2) is 51.9 Å². The first-order chi connectivity index (χ1) is 14.1. The smallest absolute Gasteiger partial charge is 0.237 e. The number of carbonyl (C=O) groups excluding carboxylic acids is 1. The Kier molecular flexibility index (Phi) is 5.92. The number of hydrogen-bond acceptors (Lipinski definition) is 5. The Bertz CT molecular complexity index is 1030.